The molecule has 0 spiro atoms. The van der Waals surface area contributed by atoms with Crippen molar-refractivity contribution in [3.05, 3.63) is 47.5 Å². The summed E-state index contributed by atoms with van der Waals surface area (Å²) in [5.41, 5.74) is 9.53. The van der Waals surface area contributed by atoms with Gasteiger partial charge in [0.25, 0.3) is 5.91 Å². The van der Waals surface area contributed by atoms with E-state index in [0.717, 1.165) is 17.0 Å². The van der Waals surface area contributed by atoms with Crippen molar-refractivity contribution in [1.82, 2.24) is 5.32 Å². The highest BCUT2D eigenvalue weighted by Crippen LogP contribution is 2.27. The molecular formula is C16H19N3O2. The number of ether oxygens (including phenoxy) is 1. The van der Waals surface area contributed by atoms with Gasteiger partial charge in [0.1, 0.15) is 5.75 Å². The van der Waals surface area contributed by atoms with Crippen molar-refractivity contribution in [3.8, 4) is 5.75 Å². The van der Waals surface area contributed by atoms with E-state index < -0.39 is 0 Å². The topological polar surface area (TPSA) is 76.4 Å². The molecule has 110 valence electrons. The summed E-state index contributed by atoms with van der Waals surface area (Å²) >= 11 is 0. The third-order valence-electron chi connectivity index (χ3n) is 3.22. The number of benzene rings is 2. The van der Waals surface area contributed by atoms with Crippen LogP contribution in [0.4, 0.5) is 17.1 Å². The van der Waals surface area contributed by atoms with E-state index in [-0.39, 0.29) is 5.91 Å². The van der Waals surface area contributed by atoms with Crippen LogP contribution >= 0.6 is 0 Å². The highest BCUT2D eigenvalue weighted by molar-refractivity contribution is 6.00. The van der Waals surface area contributed by atoms with Gasteiger partial charge in [-0.2, -0.15) is 0 Å². The minimum atomic E-state index is -0.163. The van der Waals surface area contributed by atoms with Crippen LogP contribution in [-0.2, 0) is 0 Å². The maximum Gasteiger partial charge on any atom is 0.253 e. The van der Waals surface area contributed by atoms with Crippen molar-refractivity contribution < 1.29 is 9.53 Å². The van der Waals surface area contributed by atoms with Gasteiger partial charge in [0.05, 0.1) is 18.4 Å². The van der Waals surface area contributed by atoms with Crippen molar-refractivity contribution in [2.45, 2.75) is 6.92 Å². The number of nitrogen functional groups attached to an aromatic ring is 1. The van der Waals surface area contributed by atoms with E-state index in [1.165, 1.54) is 0 Å². The first-order chi connectivity index (χ1) is 10.0. The van der Waals surface area contributed by atoms with Crippen LogP contribution in [0.15, 0.2) is 36.4 Å². The highest BCUT2D eigenvalue weighted by Gasteiger charge is 2.11. The summed E-state index contributed by atoms with van der Waals surface area (Å²) in [6, 6.07) is 10.8. The van der Waals surface area contributed by atoms with E-state index in [2.05, 4.69) is 10.6 Å². The molecule has 0 unspecified atom stereocenters. The molecule has 4 N–H and O–H groups in total. The van der Waals surface area contributed by atoms with Crippen LogP contribution < -0.4 is 21.1 Å². The molecule has 0 atom stereocenters. The molecule has 2 rings (SSSR count). The number of methoxy groups -OCH3 is 1. The van der Waals surface area contributed by atoms with Crippen molar-refractivity contribution in [1.29, 1.82) is 0 Å². The molecule has 0 bridgehead atoms. The van der Waals surface area contributed by atoms with Gasteiger partial charge >= 0.3 is 0 Å². The maximum atomic E-state index is 11.9. The Morgan fingerprint density at radius 3 is 2.52 bits per heavy atom. The molecule has 0 aliphatic heterocycles. The molecular weight excluding hydrogens is 266 g/mol. The Hall–Kier alpha value is -2.69. The maximum absolute atomic E-state index is 11.9. The summed E-state index contributed by atoms with van der Waals surface area (Å²) in [7, 11) is 3.23. The fraction of sp³-hybridized carbons (Fsp3) is 0.188. The molecule has 1 amide bonds. The van der Waals surface area contributed by atoms with Gasteiger partial charge in [-0.25, -0.2) is 0 Å². The van der Waals surface area contributed by atoms with Crippen molar-refractivity contribution in [2.24, 2.45) is 0 Å². The minimum absolute atomic E-state index is 0.163. The predicted molar refractivity (Wildman–Crippen MR) is 85.3 cm³/mol. The van der Waals surface area contributed by atoms with Crippen LogP contribution in [0.5, 0.6) is 5.75 Å². The van der Waals surface area contributed by atoms with Crippen LogP contribution in [0.1, 0.15) is 15.9 Å². The number of aryl methyl sites for hydroxylation is 1. The molecule has 0 saturated heterocycles. The smallest absolute Gasteiger partial charge is 0.253 e. The van der Waals surface area contributed by atoms with E-state index in [4.69, 9.17) is 10.5 Å². The highest BCUT2D eigenvalue weighted by atomic mass is 16.5. The molecule has 5 heteroatoms. The molecule has 2 aromatic carbocycles. The quantitative estimate of drug-likeness (QED) is 0.755. The predicted octanol–water partition coefficient (Wildman–Crippen LogP) is 2.69. The van der Waals surface area contributed by atoms with E-state index in [1.54, 1.807) is 32.4 Å². The van der Waals surface area contributed by atoms with Crippen LogP contribution in [0.2, 0.25) is 0 Å². The average molecular weight is 285 g/mol. The fourth-order valence-electron chi connectivity index (χ4n) is 2.05. The van der Waals surface area contributed by atoms with Gasteiger partial charge < -0.3 is 21.1 Å². The first-order valence-electron chi connectivity index (χ1n) is 6.58. The number of carbonyl (C=O) groups excluding carboxylic acids is 1. The number of nitrogens with one attached hydrogen (secondary N) is 2. The first-order valence-corrected chi connectivity index (χ1v) is 6.58. The summed E-state index contributed by atoms with van der Waals surface area (Å²) in [6.45, 7) is 1.97. The van der Waals surface area contributed by atoms with E-state index >= 15 is 0 Å². The molecule has 0 aliphatic carbocycles. The van der Waals surface area contributed by atoms with Gasteiger partial charge in [0.15, 0.2) is 0 Å². The second-order valence-electron chi connectivity index (χ2n) is 4.69. The number of anilines is 3. The fourth-order valence-corrected chi connectivity index (χ4v) is 2.05. The Bertz CT molecular complexity index is 669. The molecule has 0 aromatic heterocycles. The molecule has 0 fully saturated rings. The third-order valence-corrected chi connectivity index (χ3v) is 3.22. The average Bonchev–Trinajstić information content (AvgIpc) is 2.48. The number of carbonyl (C=O) groups is 1. The summed E-state index contributed by atoms with van der Waals surface area (Å²) in [6.07, 6.45) is 0. The van der Waals surface area contributed by atoms with E-state index in [9.17, 15) is 4.79 Å². The van der Waals surface area contributed by atoms with Crippen molar-refractivity contribution >= 4 is 23.0 Å². The lowest BCUT2D eigenvalue weighted by atomic mass is 10.1. The second-order valence-corrected chi connectivity index (χ2v) is 4.69. The first kappa shape index (κ1) is 14.7. The van der Waals surface area contributed by atoms with Crippen molar-refractivity contribution in [3.63, 3.8) is 0 Å². The van der Waals surface area contributed by atoms with Gasteiger partial charge in [-0.05, 0) is 48.9 Å². The monoisotopic (exact) mass is 285 g/mol. The van der Waals surface area contributed by atoms with Crippen LogP contribution in [0, 0.1) is 6.92 Å². The molecule has 2 aromatic rings. The zero-order chi connectivity index (χ0) is 15.4. The summed E-state index contributed by atoms with van der Waals surface area (Å²) in [5, 5.41) is 5.87. The lowest BCUT2D eigenvalue weighted by Crippen LogP contribution is -2.19. The third kappa shape index (κ3) is 3.25. The largest absolute Gasteiger partial charge is 0.497 e. The number of nitrogens with two attached hydrogens (primary N) is 1. The summed E-state index contributed by atoms with van der Waals surface area (Å²) in [4.78, 5) is 11.9. The number of amides is 1. The van der Waals surface area contributed by atoms with Gasteiger partial charge in [-0.15, -0.1) is 0 Å². The van der Waals surface area contributed by atoms with Gasteiger partial charge in [-0.3, -0.25) is 4.79 Å². The Kier molecular flexibility index (Phi) is 4.33. The lowest BCUT2D eigenvalue weighted by Gasteiger charge is -2.14. The van der Waals surface area contributed by atoms with Crippen molar-refractivity contribution in [2.75, 3.05) is 25.2 Å². The Labute approximate surface area is 124 Å². The normalized spacial score (nSPS) is 10.0. The zero-order valence-corrected chi connectivity index (χ0v) is 12.4. The van der Waals surface area contributed by atoms with Gasteiger partial charge in [0, 0.05) is 18.4 Å². The molecule has 0 aliphatic rings. The van der Waals surface area contributed by atoms with Crippen LogP contribution in [-0.4, -0.2) is 20.1 Å². The number of hydrogen-bond acceptors (Lipinski definition) is 4. The second kappa shape index (κ2) is 6.17. The summed E-state index contributed by atoms with van der Waals surface area (Å²) in [5.74, 6) is 0.626. The zero-order valence-electron chi connectivity index (χ0n) is 12.4. The number of hydrogen-bond donors (Lipinski definition) is 3. The molecule has 0 heterocycles. The Morgan fingerprint density at radius 2 is 1.90 bits per heavy atom. The molecule has 0 radical (unpaired) electrons. The molecule has 0 saturated carbocycles. The molecule has 5 nitrogen and oxygen atoms in total. The minimum Gasteiger partial charge on any atom is -0.497 e. The van der Waals surface area contributed by atoms with E-state index in [0.29, 0.717) is 16.9 Å². The Balaban J connectivity index is 2.39. The molecule has 21 heavy (non-hydrogen) atoms. The van der Waals surface area contributed by atoms with E-state index in [1.807, 2.05) is 25.1 Å². The standard InChI is InChI=1S/C16H19N3O2/c1-10-8-12(21-3)5-7-14(10)19-15-9-11(17)4-6-13(15)16(20)18-2/h4-9,19H,17H2,1-3H3,(H,18,20). The summed E-state index contributed by atoms with van der Waals surface area (Å²) < 4.78 is 5.19. The van der Waals surface area contributed by atoms with Crippen LogP contribution in [0.25, 0.3) is 0 Å². The number of rotatable bonds is 4. The Morgan fingerprint density at radius 1 is 1.14 bits per heavy atom. The van der Waals surface area contributed by atoms with Gasteiger partial charge in [-0.1, -0.05) is 0 Å². The van der Waals surface area contributed by atoms with Gasteiger partial charge in [0.2, 0.25) is 0 Å². The van der Waals surface area contributed by atoms with Crippen LogP contribution in [0.3, 0.4) is 0 Å². The SMILES string of the molecule is CNC(=O)c1ccc(N)cc1Nc1ccc(OC)cc1C. The lowest BCUT2D eigenvalue weighted by molar-refractivity contribution is 0.0964.